The predicted octanol–water partition coefficient (Wildman–Crippen LogP) is 3.18. The monoisotopic (exact) mass is 453 g/mol. The third-order valence-corrected chi connectivity index (χ3v) is 5.10. The summed E-state index contributed by atoms with van der Waals surface area (Å²) >= 11 is 0. The van der Waals surface area contributed by atoms with Gasteiger partial charge >= 0.3 is 0 Å². The Kier molecular flexibility index (Phi) is 9.89. The molecule has 0 aromatic carbocycles. The molecule has 3 atom stereocenters. The van der Waals surface area contributed by atoms with Crippen LogP contribution in [0.25, 0.3) is 0 Å². The summed E-state index contributed by atoms with van der Waals surface area (Å²) in [5, 5.41) is 7.01. The fourth-order valence-corrected chi connectivity index (χ4v) is 3.79. The summed E-state index contributed by atoms with van der Waals surface area (Å²) in [6.07, 6.45) is 4.89. The molecule has 1 saturated heterocycles. The van der Waals surface area contributed by atoms with Crippen LogP contribution in [0.2, 0.25) is 0 Å². The summed E-state index contributed by atoms with van der Waals surface area (Å²) in [5.74, 6) is 1.57. The first kappa shape index (κ1) is 22.0. The molecular weight excluding hydrogens is 417 g/mol. The van der Waals surface area contributed by atoms with Crippen LogP contribution in [-0.4, -0.2) is 51.0 Å². The van der Waals surface area contributed by atoms with Gasteiger partial charge in [-0.15, -0.1) is 24.0 Å². The molecule has 0 radical (unpaired) electrons. The van der Waals surface area contributed by atoms with Gasteiger partial charge in [-0.3, -0.25) is 4.99 Å². The second-order valence-electron chi connectivity index (χ2n) is 7.27. The second kappa shape index (κ2) is 10.8. The molecule has 1 aliphatic heterocycles. The van der Waals surface area contributed by atoms with E-state index in [2.05, 4.69) is 38.3 Å². The molecule has 0 spiro atoms. The molecule has 1 saturated carbocycles. The lowest BCUT2D eigenvalue weighted by Gasteiger charge is -2.54. The topological polar surface area (TPSA) is 54.9 Å². The van der Waals surface area contributed by atoms with Crippen molar-refractivity contribution in [2.75, 3.05) is 32.9 Å². The van der Waals surface area contributed by atoms with Gasteiger partial charge in [-0.25, -0.2) is 0 Å². The lowest BCUT2D eigenvalue weighted by Crippen LogP contribution is -2.67. The second-order valence-corrected chi connectivity index (χ2v) is 7.27. The molecule has 6 heteroatoms. The summed E-state index contributed by atoms with van der Waals surface area (Å²) < 4.78 is 11.5. The Bertz CT molecular complexity index is 390. The summed E-state index contributed by atoms with van der Waals surface area (Å²) in [6, 6.07) is 0.452. The van der Waals surface area contributed by atoms with E-state index in [1.165, 1.54) is 6.42 Å². The molecule has 1 heterocycles. The van der Waals surface area contributed by atoms with Crippen molar-refractivity contribution in [1.29, 1.82) is 0 Å². The van der Waals surface area contributed by atoms with Gasteiger partial charge in [0, 0.05) is 50.3 Å². The molecule has 2 fully saturated rings. The number of aliphatic imine (C=N–C) groups is 1. The third-order valence-electron chi connectivity index (χ3n) is 5.10. The van der Waals surface area contributed by atoms with Gasteiger partial charge in [0.05, 0.1) is 6.10 Å². The standard InChI is InChI=1S/C18H35N3O2.HI/c1-5-7-11-22-12-8-10-20-17(19-6-2)21-15-14-9-13-23-16(14)18(15,3)4;/h14-16H,5-13H2,1-4H3,(H2,19,20,21);1H. The fraction of sp³-hybridized carbons (Fsp3) is 0.944. The average Bonchev–Trinajstić information content (AvgIpc) is 2.98. The maximum atomic E-state index is 5.87. The van der Waals surface area contributed by atoms with E-state index in [4.69, 9.17) is 14.5 Å². The van der Waals surface area contributed by atoms with Gasteiger partial charge in [0.2, 0.25) is 0 Å². The van der Waals surface area contributed by atoms with Crippen LogP contribution < -0.4 is 10.6 Å². The Hall–Kier alpha value is -0.0800. The number of hydrogen-bond acceptors (Lipinski definition) is 3. The van der Waals surface area contributed by atoms with Crippen molar-refractivity contribution in [3.8, 4) is 0 Å². The van der Waals surface area contributed by atoms with Gasteiger partial charge in [0.25, 0.3) is 0 Å². The maximum Gasteiger partial charge on any atom is 0.191 e. The van der Waals surface area contributed by atoms with Crippen molar-refractivity contribution in [2.24, 2.45) is 16.3 Å². The molecule has 142 valence electrons. The smallest absolute Gasteiger partial charge is 0.191 e. The molecular formula is C18H36IN3O2. The Morgan fingerprint density at radius 2 is 2.00 bits per heavy atom. The minimum Gasteiger partial charge on any atom is -0.381 e. The minimum absolute atomic E-state index is 0. The Morgan fingerprint density at radius 3 is 2.71 bits per heavy atom. The van der Waals surface area contributed by atoms with Crippen LogP contribution in [0.1, 0.15) is 53.4 Å². The molecule has 0 bridgehead atoms. The number of hydrogen-bond donors (Lipinski definition) is 2. The molecule has 0 aromatic heterocycles. The number of halogens is 1. The van der Waals surface area contributed by atoms with E-state index in [0.29, 0.717) is 18.1 Å². The summed E-state index contributed by atoms with van der Waals surface area (Å²) in [5.41, 5.74) is 0.181. The largest absolute Gasteiger partial charge is 0.381 e. The van der Waals surface area contributed by atoms with Gasteiger partial charge in [-0.2, -0.15) is 0 Å². The number of rotatable bonds is 9. The van der Waals surface area contributed by atoms with E-state index in [9.17, 15) is 0 Å². The lowest BCUT2D eigenvalue weighted by molar-refractivity contribution is -0.106. The fourth-order valence-electron chi connectivity index (χ4n) is 3.79. The van der Waals surface area contributed by atoms with Crippen molar-refractivity contribution in [3.63, 3.8) is 0 Å². The normalized spacial score (nSPS) is 27.8. The van der Waals surface area contributed by atoms with Crippen LogP contribution in [0.3, 0.4) is 0 Å². The molecule has 0 amide bonds. The first-order valence-corrected chi connectivity index (χ1v) is 9.35. The van der Waals surface area contributed by atoms with Crippen LogP contribution in [-0.2, 0) is 9.47 Å². The highest BCUT2D eigenvalue weighted by Gasteiger charge is 2.59. The number of ether oxygens (including phenoxy) is 2. The van der Waals surface area contributed by atoms with Gasteiger partial charge in [0.15, 0.2) is 5.96 Å². The van der Waals surface area contributed by atoms with E-state index in [0.717, 1.165) is 58.1 Å². The molecule has 24 heavy (non-hydrogen) atoms. The van der Waals surface area contributed by atoms with Crippen LogP contribution in [0.15, 0.2) is 4.99 Å². The zero-order valence-corrected chi connectivity index (χ0v) is 18.1. The van der Waals surface area contributed by atoms with Gasteiger partial charge in [-0.1, -0.05) is 27.2 Å². The highest BCUT2D eigenvalue weighted by Crippen LogP contribution is 2.52. The molecule has 2 N–H and O–H groups in total. The van der Waals surface area contributed by atoms with E-state index in [-0.39, 0.29) is 29.4 Å². The molecule has 1 aliphatic carbocycles. The number of nitrogens with zero attached hydrogens (tertiary/aromatic N) is 1. The summed E-state index contributed by atoms with van der Waals surface area (Å²) in [7, 11) is 0. The zero-order chi connectivity index (χ0) is 16.7. The van der Waals surface area contributed by atoms with E-state index < -0.39 is 0 Å². The van der Waals surface area contributed by atoms with Crippen LogP contribution in [0.5, 0.6) is 0 Å². The highest BCUT2D eigenvalue weighted by molar-refractivity contribution is 14.0. The van der Waals surface area contributed by atoms with Crippen molar-refractivity contribution in [1.82, 2.24) is 10.6 Å². The van der Waals surface area contributed by atoms with Gasteiger partial charge < -0.3 is 20.1 Å². The lowest BCUT2D eigenvalue weighted by atomic mass is 9.57. The third kappa shape index (κ3) is 5.46. The first-order valence-electron chi connectivity index (χ1n) is 9.35. The van der Waals surface area contributed by atoms with E-state index >= 15 is 0 Å². The van der Waals surface area contributed by atoms with Gasteiger partial charge in [0.1, 0.15) is 0 Å². The minimum atomic E-state index is 0. The SMILES string of the molecule is CCCCOCCCN=C(NCC)NC1C2CCOC2C1(C)C.I. The first-order chi connectivity index (χ1) is 11.1. The molecule has 5 nitrogen and oxygen atoms in total. The summed E-state index contributed by atoms with van der Waals surface area (Å²) in [4.78, 5) is 4.71. The number of guanidine groups is 1. The quantitative estimate of drug-likeness (QED) is 0.244. The van der Waals surface area contributed by atoms with Crippen LogP contribution >= 0.6 is 24.0 Å². The van der Waals surface area contributed by atoms with Crippen molar-refractivity contribution >= 4 is 29.9 Å². The van der Waals surface area contributed by atoms with Gasteiger partial charge in [-0.05, 0) is 26.2 Å². The number of nitrogens with one attached hydrogen (secondary N) is 2. The number of fused-ring (bicyclic) bond motifs is 1. The molecule has 2 aliphatic rings. The van der Waals surface area contributed by atoms with Crippen molar-refractivity contribution < 1.29 is 9.47 Å². The highest BCUT2D eigenvalue weighted by atomic mass is 127. The zero-order valence-electron chi connectivity index (χ0n) is 15.8. The Balaban J connectivity index is 0.00000288. The summed E-state index contributed by atoms with van der Waals surface area (Å²) in [6.45, 7) is 13.1. The maximum absolute atomic E-state index is 5.87. The number of unbranched alkanes of at least 4 members (excludes halogenated alkanes) is 1. The van der Waals surface area contributed by atoms with Crippen LogP contribution in [0.4, 0.5) is 0 Å². The van der Waals surface area contributed by atoms with Crippen molar-refractivity contribution in [2.45, 2.75) is 65.5 Å². The predicted molar refractivity (Wildman–Crippen MR) is 110 cm³/mol. The van der Waals surface area contributed by atoms with E-state index in [1.807, 2.05) is 0 Å². The Morgan fingerprint density at radius 1 is 1.25 bits per heavy atom. The average molecular weight is 453 g/mol. The molecule has 2 rings (SSSR count). The molecule has 3 unspecified atom stereocenters. The molecule has 0 aromatic rings. The van der Waals surface area contributed by atoms with Crippen LogP contribution in [0, 0.1) is 11.3 Å². The van der Waals surface area contributed by atoms with Crippen molar-refractivity contribution in [3.05, 3.63) is 0 Å². The van der Waals surface area contributed by atoms with E-state index in [1.54, 1.807) is 0 Å². The Labute approximate surface area is 164 Å².